The topological polar surface area (TPSA) is 55.1 Å². The van der Waals surface area contributed by atoms with Gasteiger partial charge in [0.15, 0.2) is 0 Å². The highest BCUT2D eigenvalue weighted by Crippen LogP contribution is 2.09. The van der Waals surface area contributed by atoms with Crippen LogP contribution in [-0.2, 0) is 4.79 Å². The molecule has 3 nitrogen and oxygen atoms in total. The summed E-state index contributed by atoms with van der Waals surface area (Å²) in [6.07, 6.45) is 2.12. The van der Waals surface area contributed by atoms with E-state index in [0.29, 0.717) is 6.42 Å². The van der Waals surface area contributed by atoms with E-state index in [4.69, 9.17) is 5.73 Å². The summed E-state index contributed by atoms with van der Waals surface area (Å²) in [5.41, 5.74) is 7.55. The number of rotatable bonds is 4. The number of amides is 1. The van der Waals surface area contributed by atoms with Crippen molar-refractivity contribution in [2.24, 2.45) is 5.73 Å². The van der Waals surface area contributed by atoms with Crippen LogP contribution < -0.4 is 11.1 Å². The van der Waals surface area contributed by atoms with Gasteiger partial charge in [-0.3, -0.25) is 4.79 Å². The largest absolute Gasteiger partial charge is 0.325 e. The molecule has 0 heterocycles. The molecule has 1 amide bonds. The van der Waals surface area contributed by atoms with Crippen LogP contribution in [0.25, 0.3) is 0 Å². The highest BCUT2D eigenvalue weighted by atomic mass is 16.2. The van der Waals surface area contributed by atoms with Crippen LogP contribution in [0.15, 0.2) is 36.9 Å². The third-order valence-corrected chi connectivity index (χ3v) is 2.08. The van der Waals surface area contributed by atoms with E-state index in [0.717, 1.165) is 11.3 Å². The summed E-state index contributed by atoms with van der Waals surface area (Å²) in [7, 11) is 0. The van der Waals surface area contributed by atoms with Crippen LogP contribution in [0.1, 0.15) is 12.0 Å². The minimum atomic E-state index is -0.524. The molecule has 0 aromatic heterocycles. The van der Waals surface area contributed by atoms with Crippen molar-refractivity contribution in [1.29, 1.82) is 0 Å². The molecule has 3 N–H and O–H groups in total. The van der Waals surface area contributed by atoms with Gasteiger partial charge >= 0.3 is 0 Å². The minimum Gasteiger partial charge on any atom is -0.325 e. The molecule has 0 radical (unpaired) electrons. The molecule has 0 fully saturated rings. The molecule has 1 rings (SSSR count). The molecule has 15 heavy (non-hydrogen) atoms. The molecule has 0 spiro atoms. The van der Waals surface area contributed by atoms with Crippen LogP contribution in [0, 0.1) is 6.92 Å². The summed E-state index contributed by atoms with van der Waals surface area (Å²) in [6.45, 7) is 5.54. The van der Waals surface area contributed by atoms with Gasteiger partial charge in [-0.15, -0.1) is 6.58 Å². The van der Waals surface area contributed by atoms with Gasteiger partial charge in [0.05, 0.1) is 6.04 Å². The standard InChI is InChI=1S/C12H16N2O/c1-3-4-11(13)12(15)14-10-7-5-9(2)6-8-10/h3,5-8,11H,1,4,13H2,2H3,(H,14,15). The van der Waals surface area contributed by atoms with E-state index in [9.17, 15) is 4.79 Å². The second-order valence-electron chi connectivity index (χ2n) is 3.49. The smallest absolute Gasteiger partial charge is 0.241 e. The van der Waals surface area contributed by atoms with Gasteiger partial charge in [0.2, 0.25) is 5.91 Å². The van der Waals surface area contributed by atoms with E-state index in [-0.39, 0.29) is 5.91 Å². The molecule has 0 bridgehead atoms. The highest BCUT2D eigenvalue weighted by molar-refractivity contribution is 5.94. The fourth-order valence-corrected chi connectivity index (χ4v) is 1.16. The molecule has 0 saturated heterocycles. The van der Waals surface area contributed by atoms with Crippen LogP contribution in [0.4, 0.5) is 5.69 Å². The molecule has 1 atom stereocenters. The number of benzene rings is 1. The molecule has 0 aliphatic heterocycles. The molecule has 1 aromatic rings. The number of carbonyl (C=O) groups is 1. The van der Waals surface area contributed by atoms with E-state index in [1.54, 1.807) is 6.08 Å². The summed E-state index contributed by atoms with van der Waals surface area (Å²) >= 11 is 0. The molecule has 0 aliphatic carbocycles. The van der Waals surface area contributed by atoms with Gasteiger partial charge in [0.25, 0.3) is 0 Å². The van der Waals surface area contributed by atoms with Crippen LogP contribution in [0.3, 0.4) is 0 Å². The first-order valence-electron chi connectivity index (χ1n) is 4.87. The molecule has 3 heteroatoms. The second-order valence-corrected chi connectivity index (χ2v) is 3.49. The van der Waals surface area contributed by atoms with Crippen molar-refractivity contribution in [2.75, 3.05) is 5.32 Å². The number of nitrogens with one attached hydrogen (secondary N) is 1. The SMILES string of the molecule is C=CCC(N)C(=O)Nc1ccc(C)cc1. The van der Waals surface area contributed by atoms with Crippen molar-refractivity contribution in [3.63, 3.8) is 0 Å². The average Bonchev–Trinajstić information content (AvgIpc) is 2.22. The molecule has 1 aromatic carbocycles. The molecule has 80 valence electrons. The quantitative estimate of drug-likeness (QED) is 0.735. The monoisotopic (exact) mass is 204 g/mol. The predicted octanol–water partition coefficient (Wildman–Crippen LogP) is 1.84. The van der Waals surface area contributed by atoms with E-state index in [1.165, 1.54) is 0 Å². The Hall–Kier alpha value is -1.61. The first-order chi connectivity index (χ1) is 7.13. The van der Waals surface area contributed by atoms with Gasteiger partial charge in [-0.1, -0.05) is 23.8 Å². The number of hydrogen-bond acceptors (Lipinski definition) is 2. The van der Waals surface area contributed by atoms with Crippen LogP contribution >= 0.6 is 0 Å². The van der Waals surface area contributed by atoms with Gasteiger partial charge in [0.1, 0.15) is 0 Å². The van der Waals surface area contributed by atoms with Gasteiger partial charge < -0.3 is 11.1 Å². The lowest BCUT2D eigenvalue weighted by atomic mass is 10.2. The lowest BCUT2D eigenvalue weighted by Gasteiger charge is -2.10. The average molecular weight is 204 g/mol. The first-order valence-corrected chi connectivity index (χ1v) is 4.87. The molecular weight excluding hydrogens is 188 g/mol. The summed E-state index contributed by atoms with van der Waals surface area (Å²) < 4.78 is 0. The predicted molar refractivity (Wildman–Crippen MR) is 62.6 cm³/mol. The summed E-state index contributed by atoms with van der Waals surface area (Å²) in [4.78, 5) is 11.5. The van der Waals surface area contributed by atoms with Gasteiger partial charge in [-0.2, -0.15) is 0 Å². The number of nitrogens with two attached hydrogens (primary N) is 1. The summed E-state index contributed by atoms with van der Waals surface area (Å²) in [5.74, 6) is -0.182. The fraction of sp³-hybridized carbons (Fsp3) is 0.250. The van der Waals surface area contributed by atoms with E-state index >= 15 is 0 Å². The zero-order valence-electron chi connectivity index (χ0n) is 8.86. The Labute approximate surface area is 90.0 Å². The van der Waals surface area contributed by atoms with Crippen LogP contribution in [0.5, 0.6) is 0 Å². The molecule has 1 unspecified atom stereocenters. The maximum Gasteiger partial charge on any atom is 0.241 e. The van der Waals surface area contributed by atoms with Crippen molar-refractivity contribution in [3.05, 3.63) is 42.5 Å². The van der Waals surface area contributed by atoms with E-state index < -0.39 is 6.04 Å². The summed E-state index contributed by atoms with van der Waals surface area (Å²) in [6, 6.07) is 7.06. The maximum atomic E-state index is 11.5. The Morgan fingerprint density at radius 3 is 2.67 bits per heavy atom. The maximum absolute atomic E-state index is 11.5. The zero-order chi connectivity index (χ0) is 11.3. The molecule has 0 aliphatic rings. The Bertz CT molecular complexity index is 343. The zero-order valence-corrected chi connectivity index (χ0v) is 8.86. The van der Waals surface area contributed by atoms with Crippen LogP contribution in [0.2, 0.25) is 0 Å². The number of aryl methyl sites for hydroxylation is 1. The normalized spacial score (nSPS) is 11.9. The van der Waals surface area contributed by atoms with Crippen molar-refractivity contribution in [1.82, 2.24) is 0 Å². The van der Waals surface area contributed by atoms with E-state index in [1.807, 2.05) is 31.2 Å². The Kier molecular flexibility index (Phi) is 4.06. The fourth-order valence-electron chi connectivity index (χ4n) is 1.16. The number of carbonyl (C=O) groups excluding carboxylic acids is 1. The second kappa shape index (κ2) is 5.32. The lowest BCUT2D eigenvalue weighted by Crippen LogP contribution is -2.35. The van der Waals surface area contributed by atoms with Crippen molar-refractivity contribution in [3.8, 4) is 0 Å². The lowest BCUT2D eigenvalue weighted by molar-refractivity contribution is -0.117. The molecule has 0 saturated carbocycles. The first kappa shape index (κ1) is 11.5. The number of hydrogen-bond donors (Lipinski definition) is 2. The number of anilines is 1. The Morgan fingerprint density at radius 1 is 1.53 bits per heavy atom. The highest BCUT2D eigenvalue weighted by Gasteiger charge is 2.10. The Morgan fingerprint density at radius 2 is 2.13 bits per heavy atom. The van der Waals surface area contributed by atoms with Gasteiger partial charge in [-0.05, 0) is 25.5 Å². The van der Waals surface area contributed by atoms with Gasteiger partial charge in [-0.25, -0.2) is 0 Å². The third-order valence-electron chi connectivity index (χ3n) is 2.08. The van der Waals surface area contributed by atoms with Gasteiger partial charge in [0, 0.05) is 5.69 Å². The van der Waals surface area contributed by atoms with Crippen molar-refractivity contribution >= 4 is 11.6 Å². The third kappa shape index (κ3) is 3.56. The van der Waals surface area contributed by atoms with Crippen molar-refractivity contribution < 1.29 is 4.79 Å². The Balaban J connectivity index is 2.58. The minimum absolute atomic E-state index is 0.182. The van der Waals surface area contributed by atoms with E-state index in [2.05, 4.69) is 11.9 Å². The molecular formula is C12H16N2O. The van der Waals surface area contributed by atoms with Crippen molar-refractivity contribution in [2.45, 2.75) is 19.4 Å². The summed E-state index contributed by atoms with van der Waals surface area (Å²) in [5, 5.41) is 2.74. The van der Waals surface area contributed by atoms with Crippen LogP contribution in [-0.4, -0.2) is 11.9 Å².